The second-order valence-electron chi connectivity index (χ2n) is 23.8. The van der Waals surface area contributed by atoms with Gasteiger partial charge in [0.1, 0.15) is 17.3 Å². The van der Waals surface area contributed by atoms with Crippen LogP contribution in [0.3, 0.4) is 0 Å². The SMILES string of the molecule is CC(C)c1cccc(C(C)C)c1C1=CN(c2cc(Oc3ccc4c5cc(C(C)(C)c6ccccc6)ccc5n(-c5cc(C(C)(C)c6ccccc6)ccn5)c4c3)cc(-c3ccccc3)c2)CN1c1cccc(C(C)(C)C)c1. The van der Waals surface area contributed by atoms with E-state index in [-0.39, 0.29) is 16.2 Å². The van der Waals surface area contributed by atoms with E-state index >= 15 is 0 Å². The van der Waals surface area contributed by atoms with Crippen LogP contribution in [0.1, 0.15) is 133 Å². The summed E-state index contributed by atoms with van der Waals surface area (Å²) in [7, 11) is 0. The van der Waals surface area contributed by atoms with E-state index in [1.165, 1.54) is 61.3 Å². The molecule has 8 aromatic carbocycles. The lowest BCUT2D eigenvalue weighted by Gasteiger charge is -2.29. The van der Waals surface area contributed by atoms with Crippen LogP contribution < -0.4 is 14.5 Å². The largest absolute Gasteiger partial charge is 0.457 e. The quantitative estimate of drug-likeness (QED) is 0.115. The Hall–Kier alpha value is -8.15. The Labute approximate surface area is 457 Å². The van der Waals surface area contributed by atoms with Gasteiger partial charge >= 0.3 is 0 Å². The molecule has 5 nitrogen and oxygen atoms in total. The van der Waals surface area contributed by atoms with Crippen LogP contribution in [-0.2, 0) is 16.2 Å². The van der Waals surface area contributed by atoms with Crippen molar-refractivity contribution >= 4 is 38.9 Å². The van der Waals surface area contributed by atoms with Crippen molar-refractivity contribution < 1.29 is 4.74 Å². The second-order valence-corrected chi connectivity index (χ2v) is 23.8. The molecule has 386 valence electrons. The van der Waals surface area contributed by atoms with Gasteiger partial charge in [0, 0.05) is 63.1 Å². The predicted molar refractivity (Wildman–Crippen MR) is 325 cm³/mol. The zero-order valence-corrected chi connectivity index (χ0v) is 46.8. The fraction of sp³-hybridized carbons (Fsp3) is 0.236. The highest BCUT2D eigenvalue weighted by Gasteiger charge is 2.32. The minimum Gasteiger partial charge on any atom is -0.457 e. The van der Waals surface area contributed by atoms with Gasteiger partial charge in [-0.15, -0.1) is 0 Å². The number of pyridine rings is 1. The molecule has 0 N–H and O–H groups in total. The minimum absolute atomic E-state index is 0.00603. The summed E-state index contributed by atoms with van der Waals surface area (Å²) in [4.78, 5) is 10.1. The van der Waals surface area contributed by atoms with Crippen LogP contribution in [-0.4, -0.2) is 16.2 Å². The summed E-state index contributed by atoms with van der Waals surface area (Å²) in [6, 6.07) is 72.9. The summed E-state index contributed by atoms with van der Waals surface area (Å²) < 4.78 is 9.52. The van der Waals surface area contributed by atoms with Crippen molar-refractivity contribution in [2.75, 3.05) is 16.5 Å². The second kappa shape index (κ2) is 20.1. The maximum Gasteiger partial charge on any atom is 0.137 e. The Bertz CT molecular complexity index is 3770. The van der Waals surface area contributed by atoms with E-state index in [1.54, 1.807) is 0 Å². The molecule has 0 aliphatic carbocycles. The Morgan fingerprint density at radius 1 is 0.455 bits per heavy atom. The van der Waals surface area contributed by atoms with Crippen LogP contribution >= 0.6 is 0 Å². The van der Waals surface area contributed by atoms with Crippen LogP contribution in [0, 0.1) is 0 Å². The molecular weight excluding hydrogens is 937 g/mol. The summed E-state index contributed by atoms with van der Waals surface area (Å²) >= 11 is 0. The van der Waals surface area contributed by atoms with Gasteiger partial charge < -0.3 is 14.5 Å². The average molecular weight is 1010 g/mol. The first-order valence-electron chi connectivity index (χ1n) is 27.5. The molecule has 77 heavy (non-hydrogen) atoms. The van der Waals surface area contributed by atoms with E-state index in [0.29, 0.717) is 18.5 Å². The first-order chi connectivity index (χ1) is 36.9. The standard InChI is InChI=1S/C72H72N4O/c1-48(2)61-31-22-32-62(49(3)4)69(61)67-46-74(47-75(67)57-30-21-29-54(41-57)70(5,6)7)58-39-51(50-23-15-12-16-24-50)40-60(44-58)77-59-34-35-63-64-42-55(71(8,9)52-25-17-13-18-26-52)33-36-65(64)76(66(63)45-59)68-43-56(37-38-73-68)72(10,11)53-27-19-14-20-28-53/h12-46,48-49H,47H2,1-11H3. The van der Waals surface area contributed by atoms with Crippen LogP contribution in [0.25, 0.3) is 44.4 Å². The van der Waals surface area contributed by atoms with Gasteiger partial charge in [0.25, 0.3) is 0 Å². The summed E-state index contributed by atoms with van der Waals surface area (Å²) in [5, 5.41) is 2.31. The number of rotatable bonds is 13. The summed E-state index contributed by atoms with van der Waals surface area (Å²) in [6.45, 7) is 26.0. The van der Waals surface area contributed by atoms with E-state index < -0.39 is 0 Å². The zero-order chi connectivity index (χ0) is 53.8. The Morgan fingerprint density at radius 3 is 1.70 bits per heavy atom. The molecule has 0 unspecified atom stereocenters. The lowest BCUT2D eigenvalue weighted by atomic mass is 9.78. The Morgan fingerprint density at radius 2 is 1.06 bits per heavy atom. The third-order valence-electron chi connectivity index (χ3n) is 16.2. The van der Waals surface area contributed by atoms with Gasteiger partial charge in [-0.05, 0) is 128 Å². The predicted octanol–water partition coefficient (Wildman–Crippen LogP) is 19.1. The first kappa shape index (κ1) is 51.0. The van der Waals surface area contributed by atoms with Gasteiger partial charge in [-0.3, -0.25) is 4.57 Å². The fourth-order valence-corrected chi connectivity index (χ4v) is 11.5. The highest BCUT2D eigenvalue weighted by Crippen LogP contribution is 2.45. The topological polar surface area (TPSA) is 33.5 Å². The summed E-state index contributed by atoms with van der Waals surface area (Å²) in [6.07, 6.45) is 4.34. The van der Waals surface area contributed by atoms with Crippen molar-refractivity contribution in [2.24, 2.45) is 0 Å². The molecule has 1 aliphatic rings. The van der Waals surface area contributed by atoms with Crippen molar-refractivity contribution in [2.45, 2.75) is 104 Å². The third kappa shape index (κ3) is 9.73. The summed E-state index contributed by atoms with van der Waals surface area (Å²) in [5.74, 6) is 3.04. The van der Waals surface area contributed by atoms with E-state index in [0.717, 1.165) is 50.6 Å². The van der Waals surface area contributed by atoms with Crippen molar-refractivity contribution in [3.8, 4) is 28.4 Å². The molecule has 0 spiro atoms. The Kier molecular flexibility index (Phi) is 13.3. The van der Waals surface area contributed by atoms with Crippen molar-refractivity contribution in [1.82, 2.24) is 9.55 Å². The minimum atomic E-state index is -0.256. The Balaban J connectivity index is 1.06. The van der Waals surface area contributed by atoms with E-state index in [1.807, 2.05) is 6.20 Å². The number of anilines is 2. The number of nitrogens with zero attached hydrogens (tertiary/aromatic N) is 4. The maximum absolute atomic E-state index is 7.19. The highest BCUT2D eigenvalue weighted by atomic mass is 16.5. The van der Waals surface area contributed by atoms with Crippen molar-refractivity contribution in [1.29, 1.82) is 0 Å². The molecule has 0 amide bonds. The lowest BCUT2D eigenvalue weighted by molar-refractivity contribution is 0.483. The molecule has 3 heterocycles. The van der Waals surface area contributed by atoms with Crippen LogP contribution in [0.2, 0.25) is 0 Å². The van der Waals surface area contributed by atoms with Gasteiger partial charge in [-0.2, -0.15) is 0 Å². The number of hydrogen-bond acceptors (Lipinski definition) is 4. The maximum atomic E-state index is 7.19. The molecule has 1 aliphatic heterocycles. The van der Waals surface area contributed by atoms with Gasteiger partial charge in [-0.1, -0.05) is 204 Å². The fourth-order valence-electron chi connectivity index (χ4n) is 11.5. The number of hydrogen-bond donors (Lipinski definition) is 0. The molecule has 11 rings (SSSR count). The molecule has 0 saturated heterocycles. The lowest BCUT2D eigenvalue weighted by Crippen LogP contribution is -2.27. The third-order valence-corrected chi connectivity index (χ3v) is 16.2. The molecule has 0 fully saturated rings. The molecule has 0 bridgehead atoms. The van der Waals surface area contributed by atoms with Crippen LogP contribution in [0.5, 0.6) is 11.5 Å². The van der Waals surface area contributed by atoms with Crippen LogP contribution in [0.4, 0.5) is 11.4 Å². The molecule has 2 aromatic heterocycles. The van der Waals surface area contributed by atoms with E-state index in [4.69, 9.17) is 9.72 Å². The zero-order valence-electron chi connectivity index (χ0n) is 46.8. The summed E-state index contributed by atoms with van der Waals surface area (Å²) in [5.41, 5.74) is 17.6. The highest BCUT2D eigenvalue weighted by molar-refractivity contribution is 6.10. The van der Waals surface area contributed by atoms with Gasteiger partial charge in [0.2, 0.25) is 0 Å². The molecule has 10 aromatic rings. The van der Waals surface area contributed by atoms with Gasteiger partial charge in [0.05, 0.1) is 23.4 Å². The average Bonchev–Trinajstić information content (AvgIpc) is 4.23. The van der Waals surface area contributed by atoms with Gasteiger partial charge in [0.15, 0.2) is 0 Å². The van der Waals surface area contributed by atoms with Crippen molar-refractivity contribution in [3.05, 3.63) is 257 Å². The monoisotopic (exact) mass is 1010 g/mol. The van der Waals surface area contributed by atoms with Gasteiger partial charge in [-0.25, -0.2) is 4.98 Å². The van der Waals surface area contributed by atoms with E-state index in [9.17, 15) is 0 Å². The molecular formula is C72H72N4O. The smallest absolute Gasteiger partial charge is 0.137 e. The van der Waals surface area contributed by atoms with Crippen LogP contribution in [0.15, 0.2) is 213 Å². The number of benzene rings is 8. The molecule has 0 atom stereocenters. The molecule has 0 radical (unpaired) electrons. The van der Waals surface area contributed by atoms with Crippen molar-refractivity contribution in [3.63, 3.8) is 0 Å². The number of aromatic nitrogens is 2. The number of fused-ring (bicyclic) bond motifs is 3. The molecule has 5 heteroatoms. The number of ether oxygens (including phenoxy) is 1. The normalized spacial score (nSPS) is 13.3. The van der Waals surface area contributed by atoms with E-state index in [2.05, 4.69) is 297 Å². The first-order valence-corrected chi connectivity index (χ1v) is 27.5. The molecule has 0 saturated carbocycles.